The molecule has 0 radical (unpaired) electrons. The summed E-state index contributed by atoms with van der Waals surface area (Å²) >= 11 is 0. The lowest BCUT2D eigenvalue weighted by Gasteiger charge is -2.39. The lowest BCUT2D eigenvalue weighted by atomic mass is 10.1. The molecule has 2 N–H and O–H groups in total. The summed E-state index contributed by atoms with van der Waals surface area (Å²) in [5, 5.41) is 12.1. The van der Waals surface area contributed by atoms with Crippen LogP contribution in [0.2, 0.25) is 0 Å². The third-order valence-electron chi connectivity index (χ3n) is 5.44. The first-order valence-electron chi connectivity index (χ1n) is 9.72. The highest BCUT2D eigenvalue weighted by Crippen LogP contribution is 2.17. The second-order valence-corrected chi connectivity index (χ2v) is 7.34. The van der Waals surface area contributed by atoms with Crippen molar-refractivity contribution in [3.63, 3.8) is 0 Å². The summed E-state index contributed by atoms with van der Waals surface area (Å²) in [4.78, 5) is 16.3. The summed E-state index contributed by atoms with van der Waals surface area (Å²) in [7, 11) is 0. The largest absolute Gasteiger partial charge is 0.394 e. The van der Waals surface area contributed by atoms with Crippen molar-refractivity contribution in [1.29, 1.82) is 0 Å². The van der Waals surface area contributed by atoms with Crippen LogP contribution in [0.5, 0.6) is 0 Å². The molecule has 2 aliphatic rings. The maximum atomic E-state index is 12.1. The Hall–Kier alpha value is -1.59. The van der Waals surface area contributed by atoms with Crippen LogP contribution in [0, 0.1) is 0 Å². The van der Waals surface area contributed by atoms with Gasteiger partial charge in [0.25, 0.3) is 0 Å². The van der Waals surface area contributed by atoms with Crippen molar-refractivity contribution in [3.8, 4) is 0 Å². The zero-order chi connectivity index (χ0) is 17.5. The van der Waals surface area contributed by atoms with Crippen LogP contribution in [0.1, 0.15) is 49.7 Å². The number of amides is 2. The van der Waals surface area contributed by atoms with E-state index in [-0.39, 0.29) is 18.7 Å². The number of aliphatic hydroxyl groups is 1. The molecular formula is C20H31N3O2. The fourth-order valence-electron chi connectivity index (χ4n) is 3.67. The van der Waals surface area contributed by atoms with Gasteiger partial charge in [-0.3, -0.25) is 4.90 Å². The van der Waals surface area contributed by atoms with E-state index in [1.165, 1.54) is 50.8 Å². The van der Waals surface area contributed by atoms with E-state index in [0.29, 0.717) is 6.54 Å². The fourth-order valence-corrected chi connectivity index (χ4v) is 3.67. The van der Waals surface area contributed by atoms with Crippen molar-refractivity contribution in [3.05, 3.63) is 35.4 Å². The van der Waals surface area contributed by atoms with Crippen molar-refractivity contribution in [2.75, 3.05) is 26.2 Å². The molecule has 0 saturated carbocycles. The normalized spacial score (nSPS) is 22.0. The minimum atomic E-state index is -0.0741. The highest BCUT2D eigenvalue weighted by Gasteiger charge is 2.31. The molecule has 2 amide bonds. The number of hydrogen-bond acceptors (Lipinski definition) is 3. The van der Waals surface area contributed by atoms with E-state index in [1.54, 1.807) is 4.90 Å². The van der Waals surface area contributed by atoms with Gasteiger partial charge in [-0.05, 0) is 43.5 Å². The number of hydrogen-bond donors (Lipinski definition) is 2. The number of urea groups is 1. The summed E-state index contributed by atoms with van der Waals surface area (Å²) in [5.41, 5.74) is 2.46. The van der Waals surface area contributed by atoms with Gasteiger partial charge < -0.3 is 15.3 Å². The summed E-state index contributed by atoms with van der Waals surface area (Å²) in [6, 6.07) is 8.51. The van der Waals surface area contributed by atoms with Gasteiger partial charge in [0.1, 0.15) is 0 Å². The first kappa shape index (κ1) is 18.2. The number of likely N-dealkylation sites (tertiary alicyclic amines) is 2. The minimum absolute atomic E-state index is 0.000186. The molecule has 2 fully saturated rings. The van der Waals surface area contributed by atoms with E-state index in [2.05, 4.69) is 34.5 Å². The van der Waals surface area contributed by atoms with Crippen LogP contribution >= 0.6 is 0 Å². The Morgan fingerprint density at radius 3 is 2.24 bits per heavy atom. The number of carbonyl (C=O) groups excluding carboxylic acids is 1. The maximum Gasteiger partial charge on any atom is 0.317 e. The average molecular weight is 345 g/mol. The van der Waals surface area contributed by atoms with Crippen molar-refractivity contribution in [1.82, 2.24) is 15.1 Å². The Morgan fingerprint density at radius 1 is 1.00 bits per heavy atom. The van der Waals surface area contributed by atoms with Crippen LogP contribution in [-0.2, 0) is 13.1 Å². The SMILES string of the molecule is O=C(NCc1ccc(CN2CCCCCCC2)cc1)N1CCC1CO. The number of nitrogens with zero attached hydrogens (tertiary/aromatic N) is 2. The van der Waals surface area contributed by atoms with Gasteiger partial charge >= 0.3 is 6.03 Å². The summed E-state index contributed by atoms with van der Waals surface area (Å²) in [5.74, 6) is 0. The van der Waals surface area contributed by atoms with Crippen LogP contribution in [0.25, 0.3) is 0 Å². The Balaban J connectivity index is 1.44. The molecule has 138 valence electrons. The van der Waals surface area contributed by atoms with E-state index < -0.39 is 0 Å². The molecule has 1 aromatic carbocycles. The van der Waals surface area contributed by atoms with Crippen molar-refractivity contribution < 1.29 is 9.90 Å². The average Bonchev–Trinajstić information content (AvgIpc) is 2.56. The molecule has 25 heavy (non-hydrogen) atoms. The van der Waals surface area contributed by atoms with Gasteiger partial charge in [0, 0.05) is 19.6 Å². The Bertz CT molecular complexity index is 536. The van der Waals surface area contributed by atoms with Crippen LogP contribution in [0.4, 0.5) is 4.79 Å². The van der Waals surface area contributed by atoms with E-state index in [9.17, 15) is 4.79 Å². The molecule has 0 bridgehead atoms. The Morgan fingerprint density at radius 2 is 1.64 bits per heavy atom. The van der Waals surface area contributed by atoms with Gasteiger partial charge in [0.15, 0.2) is 0 Å². The molecule has 0 aromatic heterocycles. The Kier molecular flexibility index (Phi) is 6.70. The quantitative estimate of drug-likeness (QED) is 0.863. The number of aliphatic hydroxyl groups excluding tert-OH is 1. The number of nitrogens with one attached hydrogen (secondary N) is 1. The zero-order valence-electron chi connectivity index (χ0n) is 15.1. The molecule has 2 saturated heterocycles. The first-order chi connectivity index (χ1) is 12.3. The molecule has 1 atom stereocenters. The number of benzene rings is 1. The summed E-state index contributed by atoms with van der Waals surface area (Å²) in [6.45, 7) is 4.78. The summed E-state index contributed by atoms with van der Waals surface area (Å²) in [6.07, 6.45) is 7.65. The lowest BCUT2D eigenvalue weighted by molar-refractivity contribution is 0.0700. The van der Waals surface area contributed by atoms with Crippen molar-refractivity contribution >= 4 is 6.03 Å². The highest BCUT2D eigenvalue weighted by atomic mass is 16.3. The molecule has 2 aliphatic heterocycles. The van der Waals surface area contributed by atoms with Gasteiger partial charge in [0.2, 0.25) is 0 Å². The molecule has 3 rings (SSSR count). The molecular weight excluding hydrogens is 314 g/mol. The fraction of sp³-hybridized carbons (Fsp3) is 0.650. The van der Waals surface area contributed by atoms with Crippen molar-refractivity contribution in [2.24, 2.45) is 0 Å². The summed E-state index contributed by atoms with van der Waals surface area (Å²) < 4.78 is 0. The standard InChI is InChI=1S/C20H31N3O2/c24-16-19-10-13-23(19)20(25)21-14-17-6-8-18(9-7-17)15-22-11-4-2-1-3-5-12-22/h6-9,19,24H,1-5,10-16H2,(H,21,25). The maximum absolute atomic E-state index is 12.1. The monoisotopic (exact) mass is 345 g/mol. The molecule has 5 nitrogen and oxygen atoms in total. The number of rotatable bonds is 5. The van der Waals surface area contributed by atoms with Gasteiger partial charge in [0.05, 0.1) is 12.6 Å². The third-order valence-corrected chi connectivity index (χ3v) is 5.44. The third kappa shape index (κ3) is 5.19. The van der Waals surface area contributed by atoms with E-state index >= 15 is 0 Å². The molecule has 1 aromatic rings. The zero-order valence-corrected chi connectivity index (χ0v) is 15.1. The lowest BCUT2D eigenvalue weighted by Crippen LogP contribution is -2.56. The van der Waals surface area contributed by atoms with Crippen LogP contribution in [-0.4, -0.2) is 53.2 Å². The highest BCUT2D eigenvalue weighted by molar-refractivity contribution is 5.75. The van der Waals surface area contributed by atoms with Crippen molar-refractivity contribution in [2.45, 2.75) is 57.7 Å². The molecule has 1 unspecified atom stereocenters. The van der Waals surface area contributed by atoms with E-state index in [1.807, 2.05) is 0 Å². The van der Waals surface area contributed by atoms with Crippen LogP contribution < -0.4 is 5.32 Å². The molecule has 2 heterocycles. The van der Waals surface area contributed by atoms with E-state index in [0.717, 1.165) is 25.1 Å². The molecule has 5 heteroatoms. The number of carbonyl (C=O) groups is 1. The van der Waals surface area contributed by atoms with Gasteiger partial charge in [-0.1, -0.05) is 43.5 Å². The first-order valence-corrected chi connectivity index (χ1v) is 9.72. The predicted molar refractivity (Wildman–Crippen MR) is 99.2 cm³/mol. The van der Waals surface area contributed by atoms with Crippen LogP contribution in [0.15, 0.2) is 24.3 Å². The second-order valence-electron chi connectivity index (χ2n) is 7.34. The smallest absolute Gasteiger partial charge is 0.317 e. The minimum Gasteiger partial charge on any atom is -0.394 e. The molecule has 0 aliphatic carbocycles. The Labute approximate surface area is 151 Å². The van der Waals surface area contributed by atoms with E-state index in [4.69, 9.17) is 5.11 Å². The topological polar surface area (TPSA) is 55.8 Å². The predicted octanol–water partition coefficient (Wildman–Crippen LogP) is 2.73. The second kappa shape index (κ2) is 9.20. The van der Waals surface area contributed by atoms with Gasteiger partial charge in [-0.25, -0.2) is 4.79 Å². The van der Waals surface area contributed by atoms with Crippen LogP contribution in [0.3, 0.4) is 0 Å². The van der Waals surface area contributed by atoms with Gasteiger partial charge in [-0.15, -0.1) is 0 Å². The van der Waals surface area contributed by atoms with Gasteiger partial charge in [-0.2, -0.15) is 0 Å². The molecule has 0 spiro atoms.